The predicted molar refractivity (Wildman–Crippen MR) is 80.2 cm³/mol. The van der Waals surface area contributed by atoms with Crippen LogP contribution in [0, 0.1) is 29.1 Å². The molecular formula is C18H29NO. The van der Waals surface area contributed by atoms with Crippen molar-refractivity contribution in [3.05, 3.63) is 0 Å². The summed E-state index contributed by atoms with van der Waals surface area (Å²) in [5, 5.41) is 3.49. The molecule has 2 nitrogen and oxygen atoms in total. The zero-order chi connectivity index (χ0) is 13.7. The van der Waals surface area contributed by atoms with Gasteiger partial charge in [-0.25, -0.2) is 0 Å². The molecule has 0 aromatic carbocycles. The van der Waals surface area contributed by atoms with Gasteiger partial charge < -0.3 is 5.32 Å². The van der Waals surface area contributed by atoms with Crippen LogP contribution >= 0.6 is 0 Å². The van der Waals surface area contributed by atoms with E-state index < -0.39 is 0 Å². The van der Waals surface area contributed by atoms with Gasteiger partial charge in [-0.1, -0.05) is 19.8 Å². The largest absolute Gasteiger partial charge is 0.353 e. The van der Waals surface area contributed by atoms with Gasteiger partial charge >= 0.3 is 0 Å². The molecule has 112 valence electrons. The van der Waals surface area contributed by atoms with Gasteiger partial charge in [0.05, 0.1) is 0 Å². The molecule has 5 saturated carbocycles. The first-order chi connectivity index (χ1) is 9.64. The van der Waals surface area contributed by atoms with Crippen molar-refractivity contribution in [3.8, 4) is 0 Å². The van der Waals surface area contributed by atoms with Crippen LogP contribution < -0.4 is 5.32 Å². The molecule has 5 rings (SSSR count). The monoisotopic (exact) mass is 275 g/mol. The summed E-state index contributed by atoms with van der Waals surface area (Å²) in [5.74, 6) is 3.74. The van der Waals surface area contributed by atoms with Crippen molar-refractivity contribution in [2.75, 3.05) is 0 Å². The molecular weight excluding hydrogens is 246 g/mol. The van der Waals surface area contributed by atoms with Gasteiger partial charge in [-0.15, -0.1) is 0 Å². The van der Waals surface area contributed by atoms with E-state index in [1.54, 1.807) is 0 Å². The SMILES string of the molecule is CC1CCCCC1NC(=O)C12CC3CC(CC(C3)C1)C2. The summed E-state index contributed by atoms with van der Waals surface area (Å²) in [6.07, 6.45) is 13.0. The van der Waals surface area contributed by atoms with E-state index in [4.69, 9.17) is 0 Å². The molecule has 20 heavy (non-hydrogen) atoms. The van der Waals surface area contributed by atoms with Gasteiger partial charge in [0.1, 0.15) is 0 Å². The molecule has 5 aliphatic carbocycles. The van der Waals surface area contributed by atoms with Crippen LogP contribution in [0.4, 0.5) is 0 Å². The second-order valence-corrected chi connectivity index (χ2v) is 8.54. The predicted octanol–water partition coefficient (Wildman–Crippen LogP) is 3.90. The maximum absolute atomic E-state index is 13.0. The molecule has 0 aromatic heterocycles. The number of carbonyl (C=O) groups is 1. The van der Waals surface area contributed by atoms with Crippen LogP contribution in [0.3, 0.4) is 0 Å². The third kappa shape index (κ3) is 2.10. The summed E-state index contributed by atoms with van der Waals surface area (Å²) in [6.45, 7) is 2.32. The summed E-state index contributed by atoms with van der Waals surface area (Å²) >= 11 is 0. The van der Waals surface area contributed by atoms with Gasteiger partial charge in [-0.05, 0) is 75.0 Å². The lowest BCUT2D eigenvalue weighted by Gasteiger charge is -2.56. The lowest BCUT2D eigenvalue weighted by molar-refractivity contribution is -0.147. The lowest BCUT2D eigenvalue weighted by atomic mass is 9.49. The van der Waals surface area contributed by atoms with Crippen LogP contribution in [-0.4, -0.2) is 11.9 Å². The van der Waals surface area contributed by atoms with Crippen LogP contribution in [0.5, 0.6) is 0 Å². The Morgan fingerprint density at radius 2 is 1.50 bits per heavy atom. The maximum Gasteiger partial charge on any atom is 0.226 e. The summed E-state index contributed by atoms with van der Waals surface area (Å²) in [6, 6.07) is 0.462. The highest BCUT2D eigenvalue weighted by Gasteiger charge is 2.54. The lowest BCUT2D eigenvalue weighted by Crippen LogP contribution is -2.56. The van der Waals surface area contributed by atoms with Crippen LogP contribution in [0.15, 0.2) is 0 Å². The van der Waals surface area contributed by atoms with Crippen molar-refractivity contribution < 1.29 is 4.79 Å². The molecule has 4 bridgehead atoms. The van der Waals surface area contributed by atoms with E-state index in [1.165, 1.54) is 64.2 Å². The number of hydrogen-bond donors (Lipinski definition) is 1. The quantitative estimate of drug-likeness (QED) is 0.813. The standard InChI is InChI=1S/C18H29NO/c1-12-4-2-3-5-16(12)19-17(20)18-9-13-6-14(10-18)8-15(7-13)11-18/h12-16H,2-11H2,1H3,(H,19,20). The van der Waals surface area contributed by atoms with Gasteiger partial charge in [0, 0.05) is 11.5 Å². The molecule has 1 N–H and O–H groups in total. The van der Waals surface area contributed by atoms with Gasteiger partial charge in [0.2, 0.25) is 5.91 Å². The molecule has 5 fully saturated rings. The first kappa shape index (κ1) is 13.2. The Balaban J connectivity index is 1.48. The molecule has 0 radical (unpaired) electrons. The van der Waals surface area contributed by atoms with E-state index >= 15 is 0 Å². The highest BCUT2D eigenvalue weighted by atomic mass is 16.2. The van der Waals surface area contributed by atoms with Crippen LogP contribution in [0.1, 0.15) is 71.1 Å². The number of nitrogens with one attached hydrogen (secondary N) is 1. The molecule has 1 amide bonds. The minimum atomic E-state index is 0.0475. The number of hydrogen-bond acceptors (Lipinski definition) is 1. The summed E-state index contributed by atoms with van der Waals surface area (Å²) in [4.78, 5) is 13.0. The van der Waals surface area contributed by atoms with E-state index in [0.29, 0.717) is 17.9 Å². The van der Waals surface area contributed by atoms with E-state index in [1.807, 2.05) is 0 Å². The van der Waals surface area contributed by atoms with Gasteiger partial charge in [0.15, 0.2) is 0 Å². The van der Waals surface area contributed by atoms with Crippen molar-refractivity contribution in [3.63, 3.8) is 0 Å². The number of carbonyl (C=O) groups excluding carboxylic acids is 1. The molecule has 0 aromatic rings. The van der Waals surface area contributed by atoms with E-state index in [2.05, 4.69) is 12.2 Å². The smallest absolute Gasteiger partial charge is 0.226 e. The molecule has 2 atom stereocenters. The molecule has 0 heterocycles. The van der Waals surface area contributed by atoms with E-state index in [9.17, 15) is 4.79 Å². The normalized spacial score (nSPS) is 50.1. The summed E-state index contributed by atoms with van der Waals surface area (Å²) < 4.78 is 0. The second kappa shape index (κ2) is 4.74. The van der Waals surface area contributed by atoms with Crippen LogP contribution in [-0.2, 0) is 4.79 Å². The van der Waals surface area contributed by atoms with Crippen molar-refractivity contribution >= 4 is 5.91 Å². The molecule has 2 heteroatoms. The molecule has 0 spiro atoms. The average Bonchev–Trinajstić information content (AvgIpc) is 2.40. The Morgan fingerprint density at radius 3 is 2.05 bits per heavy atom. The number of rotatable bonds is 2. The fourth-order valence-corrected chi connectivity index (χ4v) is 6.24. The van der Waals surface area contributed by atoms with Gasteiger partial charge in [-0.2, -0.15) is 0 Å². The average molecular weight is 275 g/mol. The fraction of sp³-hybridized carbons (Fsp3) is 0.944. The third-order valence-electron chi connectivity index (χ3n) is 6.95. The molecule has 5 aliphatic rings. The highest BCUT2D eigenvalue weighted by molar-refractivity contribution is 5.83. The van der Waals surface area contributed by atoms with E-state index in [0.717, 1.165) is 17.8 Å². The second-order valence-electron chi connectivity index (χ2n) is 8.54. The summed E-state index contributed by atoms with van der Waals surface area (Å²) in [7, 11) is 0. The maximum atomic E-state index is 13.0. The minimum absolute atomic E-state index is 0.0475. The topological polar surface area (TPSA) is 29.1 Å². The first-order valence-electron chi connectivity index (χ1n) is 8.95. The van der Waals surface area contributed by atoms with Crippen molar-refractivity contribution in [2.45, 2.75) is 77.2 Å². The zero-order valence-corrected chi connectivity index (χ0v) is 12.9. The number of amides is 1. The fourth-order valence-electron chi connectivity index (χ4n) is 6.24. The zero-order valence-electron chi connectivity index (χ0n) is 12.9. The summed E-state index contributed by atoms with van der Waals surface area (Å²) in [5.41, 5.74) is 0.0475. The Bertz CT molecular complexity index is 367. The van der Waals surface area contributed by atoms with Crippen molar-refractivity contribution in [1.82, 2.24) is 5.32 Å². The first-order valence-corrected chi connectivity index (χ1v) is 8.95. The highest BCUT2D eigenvalue weighted by Crippen LogP contribution is 2.60. The Hall–Kier alpha value is -0.530. The Labute approximate surface area is 123 Å². The van der Waals surface area contributed by atoms with Crippen molar-refractivity contribution in [2.24, 2.45) is 29.1 Å². The molecule has 0 saturated heterocycles. The van der Waals surface area contributed by atoms with E-state index in [-0.39, 0.29) is 5.41 Å². The minimum Gasteiger partial charge on any atom is -0.353 e. The Morgan fingerprint density at radius 1 is 0.950 bits per heavy atom. The molecule has 2 unspecified atom stereocenters. The van der Waals surface area contributed by atoms with Gasteiger partial charge in [0.25, 0.3) is 0 Å². The van der Waals surface area contributed by atoms with Crippen LogP contribution in [0.25, 0.3) is 0 Å². The third-order valence-corrected chi connectivity index (χ3v) is 6.95. The van der Waals surface area contributed by atoms with Crippen LogP contribution in [0.2, 0.25) is 0 Å². The molecule has 0 aliphatic heterocycles. The van der Waals surface area contributed by atoms with Gasteiger partial charge in [-0.3, -0.25) is 4.79 Å². The Kier molecular flexibility index (Phi) is 3.12. The van der Waals surface area contributed by atoms with Crippen molar-refractivity contribution in [1.29, 1.82) is 0 Å².